The van der Waals surface area contributed by atoms with Crippen molar-refractivity contribution in [1.29, 1.82) is 0 Å². The molecule has 0 bridgehead atoms. The van der Waals surface area contributed by atoms with E-state index in [4.69, 9.17) is 0 Å². The van der Waals surface area contributed by atoms with Crippen LogP contribution in [-0.4, -0.2) is 0 Å². The van der Waals surface area contributed by atoms with E-state index in [0.29, 0.717) is 23.7 Å². The van der Waals surface area contributed by atoms with Crippen LogP contribution in [0.2, 0.25) is 0 Å². The molecule has 0 heteroatoms. The van der Waals surface area contributed by atoms with E-state index in [-0.39, 0.29) is 0 Å². The first-order valence-electron chi connectivity index (χ1n) is 9.79. The van der Waals surface area contributed by atoms with Gasteiger partial charge < -0.3 is 0 Å². The van der Waals surface area contributed by atoms with Crippen LogP contribution in [0.1, 0.15) is 59.8 Å². The zero-order valence-corrected chi connectivity index (χ0v) is 15.2. The Bertz CT molecular complexity index is 1080. The van der Waals surface area contributed by atoms with Crippen LogP contribution in [0.3, 0.4) is 0 Å². The molecule has 0 nitrogen and oxygen atoms in total. The highest BCUT2D eigenvalue weighted by Crippen LogP contribution is 2.60. The van der Waals surface area contributed by atoms with E-state index < -0.39 is 0 Å². The van der Waals surface area contributed by atoms with E-state index in [2.05, 4.69) is 86.6 Å². The van der Waals surface area contributed by atoms with Gasteiger partial charge in [-0.1, -0.05) is 86.6 Å². The highest BCUT2D eigenvalue weighted by Gasteiger charge is 2.43. The summed E-state index contributed by atoms with van der Waals surface area (Å²) in [6.45, 7) is 4.88. The van der Waals surface area contributed by atoms with Crippen molar-refractivity contribution in [3.8, 4) is 0 Å². The molecular formula is C26H22. The molecule has 0 saturated heterocycles. The van der Waals surface area contributed by atoms with Gasteiger partial charge in [0.1, 0.15) is 0 Å². The van der Waals surface area contributed by atoms with Crippen molar-refractivity contribution in [3.63, 3.8) is 0 Å². The highest BCUT2D eigenvalue weighted by molar-refractivity contribution is 5.95. The Labute approximate surface area is 154 Å². The second kappa shape index (κ2) is 4.98. The number of hydrogen-bond donors (Lipinski definition) is 0. The summed E-state index contributed by atoms with van der Waals surface area (Å²) >= 11 is 0. The maximum absolute atomic E-state index is 2.44. The van der Waals surface area contributed by atoms with Gasteiger partial charge in [0.2, 0.25) is 0 Å². The van der Waals surface area contributed by atoms with Crippen LogP contribution in [0, 0.1) is 0 Å². The summed E-state index contributed by atoms with van der Waals surface area (Å²) in [5.74, 6) is 2.24. The van der Waals surface area contributed by atoms with E-state index in [1.165, 1.54) is 21.5 Å². The molecule has 0 aromatic heterocycles. The van der Waals surface area contributed by atoms with E-state index in [0.717, 1.165) is 0 Å². The molecule has 126 valence electrons. The normalized spacial score (nSPS) is 26.1. The maximum atomic E-state index is 2.44. The molecule has 4 atom stereocenters. The fraction of sp³-hybridized carbons (Fsp3) is 0.231. The van der Waals surface area contributed by atoms with Crippen LogP contribution < -0.4 is 0 Å². The second-order valence-corrected chi connectivity index (χ2v) is 8.21. The van der Waals surface area contributed by atoms with E-state index >= 15 is 0 Å². The van der Waals surface area contributed by atoms with Crippen LogP contribution in [-0.2, 0) is 0 Å². The summed E-state index contributed by atoms with van der Waals surface area (Å²) in [5, 5.41) is 5.83. The van der Waals surface area contributed by atoms with Gasteiger partial charge >= 0.3 is 0 Å². The minimum Gasteiger partial charge on any atom is -0.0613 e. The number of benzene rings is 4. The van der Waals surface area contributed by atoms with Crippen molar-refractivity contribution in [3.05, 3.63) is 95.1 Å². The standard InChI is InChI=1S/C26H22/c1-15-19-11-3-7-17-9-5-13-21(25(17)19)23(15)24-16(2)20-12-4-8-18-10-6-14-22(24)26(18)20/h3-16,23-24H,1-2H3. The molecule has 4 unspecified atom stereocenters. The molecule has 0 spiro atoms. The molecule has 0 fully saturated rings. The highest BCUT2D eigenvalue weighted by atomic mass is 14.5. The first-order valence-corrected chi connectivity index (χ1v) is 9.79. The lowest BCUT2D eigenvalue weighted by molar-refractivity contribution is 0.450. The first kappa shape index (κ1) is 14.6. The van der Waals surface area contributed by atoms with Crippen molar-refractivity contribution < 1.29 is 0 Å². The molecule has 0 amide bonds. The van der Waals surface area contributed by atoms with Gasteiger partial charge in [-0.3, -0.25) is 0 Å². The SMILES string of the molecule is CC1c2cccc3cccc(c23)C1C1c2cccc3cccc(c23)C1C. The summed E-state index contributed by atoms with van der Waals surface area (Å²) < 4.78 is 0. The molecule has 0 N–H and O–H groups in total. The Morgan fingerprint density at radius 3 is 1.19 bits per heavy atom. The molecule has 0 aliphatic heterocycles. The van der Waals surface area contributed by atoms with Crippen LogP contribution in [0.5, 0.6) is 0 Å². The van der Waals surface area contributed by atoms with Crippen LogP contribution in [0.25, 0.3) is 21.5 Å². The summed E-state index contributed by atoms with van der Waals surface area (Å²) in [7, 11) is 0. The third-order valence-corrected chi connectivity index (χ3v) is 7.10. The Kier molecular flexibility index (Phi) is 2.79. The average Bonchev–Trinajstić information content (AvgIpc) is 3.11. The molecule has 2 aliphatic carbocycles. The van der Waals surface area contributed by atoms with Crippen LogP contribution in [0.15, 0.2) is 72.8 Å². The summed E-state index contributed by atoms with van der Waals surface area (Å²) in [6, 6.07) is 27.5. The molecule has 0 heterocycles. The summed E-state index contributed by atoms with van der Waals surface area (Å²) in [4.78, 5) is 0. The number of rotatable bonds is 1. The van der Waals surface area contributed by atoms with E-state index in [1.807, 2.05) is 0 Å². The lowest BCUT2D eigenvalue weighted by Gasteiger charge is -2.30. The van der Waals surface area contributed by atoms with Crippen molar-refractivity contribution >= 4 is 21.5 Å². The zero-order chi connectivity index (χ0) is 17.4. The Morgan fingerprint density at radius 2 is 0.808 bits per heavy atom. The molecule has 4 aromatic carbocycles. The fourth-order valence-corrected chi connectivity index (χ4v) is 6.05. The monoisotopic (exact) mass is 334 g/mol. The summed E-state index contributed by atoms with van der Waals surface area (Å²) in [5.41, 5.74) is 6.20. The van der Waals surface area contributed by atoms with Crippen molar-refractivity contribution in [2.24, 2.45) is 0 Å². The van der Waals surface area contributed by atoms with Gasteiger partial charge in [0.15, 0.2) is 0 Å². The first-order chi connectivity index (χ1) is 12.8. The van der Waals surface area contributed by atoms with Gasteiger partial charge in [0.25, 0.3) is 0 Å². The van der Waals surface area contributed by atoms with Crippen LogP contribution in [0.4, 0.5) is 0 Å². The zero-order valence-electron chi connectivity index (χ0n) is 15.2. The quantitative estimate of drug-likeness (QED) is 0.348. The molecule has 6 rings (SSSR count). The molecule has 4 aromatic rings. The van der Waals surface area contributed by atoms with Crippen LogP contribution >= 0.6 is 0 Å². The third kappa shape index (κ3) is 1.65. The second-order valence-electron chi connectivity index (χ2n) is 8.21. The van der Waals surface area contributed by atoms with Crippen molar-refractivity contribution in [1.82, 2.24) is 0 Å². The average molecular weight is 334 g/mol. The largest absolute Gasteiger partial charge is 0.0613 e. The molecule has 0 saturated carbocycles. The number of hydrogen-bond acceptors (Lipinski definition) is 0. The Balaban J connectivity index is 1.62. The lowest BCUT2D eigenvalue weighted by Crippen LogP contribution is -2.15. The summed E-state index contributed by atoms with van der Waals surface area (Å²) in [6.07, 6.45) is 0. The predicted molar refractivity (Wildman–Crippen MR) is 110 cm³/mol. The predicted octanol–water partition coefficient (Wildman–Crippen LogP) is 7.09. The molecule has 2 aliphatic rings. The van der Waals surface area contributed by atoms with Gasteiger partial charge in [0, 0.05) is 0 Å². The molecule has 0 radical (unpaired) electrons. The Hall–Kier alpha value is -2.60. The minimum absolute atomic E-state index is 0.559. The minimum atomic E-state index is 0.559. The van der Waals surface area contributed by atoms with Gasteiger partial charge in [0.05, 0.1) is 0 Å². The fourth-order valence-electron chi connectivity index (χ4n) is 6.05. The third-order valence-electron chi connectivity index (χ3n) is 7.10. The molecule has 26 heavy (non-hydrogen) atoms. The van der Waals surface area contributed by atoms with Crippen molar-refractivity contribution in [2.75, 3.05) is 0 Å². The maximum Gasteiger partial charge on any atom is -0.00144 e. The van der Waals surface area contributed by atoms with Gasteiger partial charge in [-0.2, -0.15) is 0 Å². The smallest absolute Gasteiger partial charge is 0.00144 e. The lowest BCUT2D eigenvalue weighted by atomic mass is 9.73. The van der Waals surface area contributed by atoms with Crippen molar-refractivity contribution in [2.45, 2.75) is 37.5 Å². The van der Waals surface area contributed by atoms with Gasteiger partial charge in [-0.15, -0.1) is 0 Å². The van der Waals surface area contributed by atoms with E-state index in [9.17, 15) is 0 Å². The Morgan fingerprint density at radius 1 is 0.462 bits per heavy atom. The van der Waals surface area contributed by atoms with E-state index in [1.54, 1.807) is 22.3 Å². The van der Waals surface area contributed by atoms with Gasteiger partial charge in [-0.05, 0) is 67.5 Å². The molecular weight excluding hydrogens is 312 g/mol. The topological polar surface area (TPSA) is 0 Å². The van der Waals surface area contributed by atoms with Gasteiger partial charge in [-0.25, -0.2) is 0 Å².